The van der Waals surface area contributed by atoms with Gasteiger partial charge in [-0.2, -0.15) is 8.42 Å². The summed E-state index contributed by atoms with van der Waals surface area (Å²) in [7, 11) is -4.22. The van der Waals surface area contributed by atoms with Crippen LogP contribution in [0.15, 0.2) is 41.3 Å². The lowest BCUT2D eigenvalue weighted by Crippen LogP contribution is -2.13. The van der Waals surface area contributed by atoms with Gasteiger partial charge in [-0.25, -0.2) is 0 Å². The molecule has 0 heterocycles. The van der Waals surface area contributed by atoms with E-state index in [9.17, 15) is 13.0 Å². The molecule has 6 heteroatoms. The Morgan fingerprint density at radius 3 is 2.39 bits per heavy atom. The van der Waals surface area contributed by atoms with Gasteiger partial charge in [0.1, 0.15) is 4.90 Å². The van der Waals surface area contributed by atoms with E-state index in [-0.39, 0.29) is 4.90 Å². The lowest BCUT2D eigenvalue weighted by Gasteiger charge is -2.11. The maximum Gasteiger partial charge on any atom is 0.295 e. The van der Waals surface area contributed by atoms with Crippen LogP contribution in [0, 0.1) is 0 Å². The average Bonchev–Trinajstić information content (AvgIpc) is 2.34. The molecule has 0 aliphatic carbocycles. The van der Waals surface area contributed by atoms with Crippen LogP contribution in [0.1, 0.15) is 0 Å². The number of nitrogens with two attached hydrogens (primary N) is 1. The van der Waals surface area contributed by atoms with Crippen LogP contribution in [-0.2, 0) is 10.1 Å². The Kier molecular flexibility index (Phi) is 3.51. The van der Waals surface area contributed by atoms with Crippen LogP contribution in [0.3, 0.4) is 0 Å². The summed E-state index contributed by atoms with van der Waals surface area (Å²) in [5.41, 5.74) is 6.22. The lowest BCUT2D eigenvalue weighted by atomic mass is 10.1. The first-order valence-corrected chi connectivity index (χ1v) is 6.91. The van der Waals surface area contributed by atoms with Crippen molar-refractivity contribution in [2.45, 2.75) is 4.90 Å². The molecule has 0 aliphatic rings. The predicted molar refractivity (Wildman–Crippen MR) is 71.3 cm³/mol. The normalized spacial score (nSPS) is 11.7. The second kappa shape index (κ2) is 4.93. The van der Waals surface area contributed by atoms with Gasteiger partial charge in [0.25, 0.3) is 10.1 Å². The van der Waals surface area contributed by atoms with Crippen LogP contribution in [0.2, 0.25) is 0 Å². The van der Waals surface area contributed by atoms with E-state index >= 15 is 0 Å². The molecular formula is C12H14N2O3S. The van der Waals surface area contributed by atoms with Crippen LogP contribution in [0.4, 0.5) is 5.69 Å². The molecular weight excluding hydrogens is 252 g/mol. The summed E-state index contributed by atoms with van der Waals surface area (Å²) >= 11 is 0. The molecule has 2 rings (SSSR count). The van der Waals surface area contributed by atoms with Gasteiger partial charge in [-0.3, -0.25) is 4.55 Å². The molecule has 0 aliphatic heterocycles. The molecule has 0 saturated heterocycles. The summed E-state index contributed by atoms with van der Waals surface area (Å²) in [5.74, 6) is 0. The maximum absolute atomic E-state index is 11.3. The zero-order valence-electron chi connectivity index (χ0n) is 9.63. The Balaban J connectivity index is 2.66. The smallest absolute Gasteiger partial charge is 0.295 e. The third-order valence-electron chi connectivity index (χ3n) is 2.62. The lowest BCUT2D eigenvalue weighted by molar-refractivity contribution is 0.484. The monoisotopic (exact) mass is 266 g/mol. The van der Waals surface area contributed by atoms with Crippen molar-refractivity contribution in [3.63, 3.8) is 0 Å². The Morgan fingerprint density at radius 2 is 1.78 bits per heavy atom. The Labute approximate surface area is 105 Å². The number of rotatable bonds is 4. The molecule has 0 fully saturated rings. The molecule has 0 unspecified atom stereocenters. The average molecular weight is 266 g/mol. The molecule has 0 saturated carbocycles. The molecule has 2 aromatic rings. The summed E-state index contributed by atoms with van der Waals surface area (Å²) in [5, 5.41) is 4.34. The number of nitrogens with one attached hydrogen (secondary N) is 1. The zero-order chi connectivity index (χ0) is 13.2. The summed E-state index contributed by atoms with van der Waals surface area (Å²) in [4.78, 5) is -0.0867. The third kappa shape index (κ3) is 2.45. The molecule has 0 bridgehead atoms. The third-order valence-corrected chi connectivity index (χ3v) is 3.53. The summed E-state index contributed by atoms with van der Waals surface area (Å²) in [6, 6.07) is 10.00. The summed E-state index contributed by atoms with van der Waals surface area (Å²) < 4.78 is 31.8. The Bertz CT molecular complexity index is 668. The van der Waals surface area contributed by atoms with Crippen molar-refractivity contribution in [2.75, 3.05) is 18.4 Å². The highest BCUT2D eigenvalue weighted by atomic mass is 32.2. The minimum Gasteiger partial charge on any atom is -0.383 e. The fourth-order valence-electron chi connectivity index (χ4n) is 1.86. The molecule has 0 spiro atoms. The van der Waals surface area contributed by atoms with Crippen molar-refractivity contribution in [1.29, 1.82) is 0 Å². The minimum atomic E-state index is -4.22. The second-order valence-electron chi connectivity index (χ2n) is 3.85. The highest BCUT2D eigenvalue weighted by molar-refractivity contribution is 7.86. The summed E-state index contributed by atoms with van der Waals surface area (Å²) in [6.07, 6.45) is 0. The highest BCUT2D eigenvalue weighted by Crippen LogP contribution is 2.29. The van der Waals surface area contributed by atoms with Crippen molar-refractivity contribution in [3.8, 4) is 0 Å². The topological polar surface area (TPSA) is 92.4 Å². The minimum absolute atomic E-state index is 0.0867. The van der Waals surface area contributed by atoms with Crippen molar-refractivity contribution < 1.29 is 13.0 Å². The number of anilines is 1. The van der Waals surface area contributed by atoms with E-state index in [4.69, 9.17) is 5.73 Å². The number of benzene rings is 2. The van der Waals surface area contributed by atoms with Crippen LogP contribution < -0.4 is 11.1 Å². The van der Waals surface area contributed by atoms with E-state index < -0.39 is 10.1 Å². The standard InChI is InChI=1S/C12H14N2O3S/c13-7-8-14-11-5-6-12(18(15,16)17)10-4-2-1-3-9(10)11/h1-6,14H,7-8,13H2,(H,15,16,17). The quantitative estimate of drug-likeness (QED) is 0.728. The second-order valence-corrected chi connectivity index (χ2v) is 5.24. The van der Waals surface area contributed by atoms with E-state index in [1.807, 2.05) is 6.07 Å². The largest absolute Gasteiger partial charge is 0.383 e. The first kappa shape index (κ1) is 12.8. The number of hydrogen-bond donors (Lipinski definition) is 3. The fraction of sp³-hybridized carbons (Fsp3) is 0.167. The summed E-state index contributed by atoms with van der Waals surface area (Å²) in [6.45, 7) is 1.07. The fourth-order valence-corrected chi connectivity index (χ4v) is 2.55. The molecule has 96 valence electrons. The van der Waals surface area contributed by atoms with Crippen LogP contribution >= 0.6 is 0 Å². The van der Waals surface area contributed by atoms with Gasteiger partial charge in [-0.15, -0.1) is 0 Å². The van der Waals surface area contributed by atoms with Crippen LogP contribution in [0.5, 0.6) is 0 Å². The molecule has 0 radical (unpaired) electrons. The first-order chi connectivity index (χ1) is 8.54. The van der Waals surface area contributed by atoms with Crippen molar-refractivity contribution in [3.05, 3.63) is 36.4 Å². The van der Waals surface area contributed by atoms with Gasteiger partial charge in [0, 0.05) is 29.5 Å². The zero-order valence-corrected chi connectivity index (χ0v) is 10.4. The Morgan fingerprint density at radius 1 is 1.11 bits per heavy atom. The SMILES string of the molecule is NCCNc1ccc(S(=O)(=O)O)c2ccccc12. The van der Waals surface area contributed by atoms with Gasteiger partial charge in [0.15, 0.2) is 0 Å². The molecule has 18 heavy (non-hydrogen) atoms. The first-order valence-electron chi connectivity index (χ1n) is 5.47. The van der Waals surface area contributed by atoms with Gasteiger partial charge in [-0.1, -0.05) is 24.3 Å². The van der Waals surface area contributed by atoms with Gasteiger partial charge >= 0.3 is 0 Å². The molecule has 0 aromatic heterocycles. The number of hydrogen-bond acceptors (Lipinski definition) is 4. The molecule has 5 nitrogen and oxygen atoms in total. The molecule has 0 amide bonds. The van der Waals surface area contributed by atoms with Crippen molar-refractivity contribution in [1.82, 2.24) is 0 Å². The van der Waals surface area contributed by atoms with Gasteiger partial charge in [0.05, 0.1) is 0 Å². The van der Waals surface area contributed by atoms with Crippen LogP contribution in [-0.4, -0.2) is 26.1 Å². The van der Waals surface area contributed by atoms with Crippen LogP contribution in [0.25, 0.3) is 10.8 Å². The molecule has 2 aromatic carbocycles. The predicted octanol–water partition coefficient (Wildman–Crippen LogP) is 1.46. The van der Waals surface area contributed by atoms with Crippen molar-refractivity contribution >= 4 is 26.6 Å². The maximum atomic E-state index is 11.3. The van der Waals surface area contributed by atoms with Gasteiger partial charge < -0.3 is 11.1 Å². The van der Waals surface area contributed by atoms with Gasteiger partial charge in [0.2, 0.25) is 0 Å². The van der Waals surface area contributed by atoms with E-state index in [0.717, 1.165) is 11.1 Å². The molecule has 0 atom stereocenters. The Hall–Kier alpha value is -1.63. The van der Waals surface area contributed by atoms with E-state index in [1.54, 1.807) is 24.3 Å². The van der Waals surface area contributed by atoms with E-state index in [1.165, 1.54) is 6.07 Å². The number of fused-ring (bicyclic) bond motifs is 1. The van der Waals surface area contributed by atoms with E-state index in [0.29, 0.717) is 18.5 Å². The highest BCUT2D eigenvalue weighted by Gasteiger charge is 2.15. The van der Waals surface area contributed by atoms with E-state index in [2.05, 4.69) is 5.32 Å². The molecule has 4 N–H and O–H groups in total. The van der Waals surface area contributed by atoms with Crippen molar-refractivity contribution in [2.24, 2.45) is 5.73 Å². The van der Waals surface area contributed by atoms with Gasteiger partial charge in [-0.05, 0) is 12.1 Å².